The molecule has 0 aliphatic heterocycles. The van der Waals surface area contributed by atoms with Crippen LogP contribution in [0.25, 0.3) is 0 Å². The van der Waals surface area contributed by atoms with Crippen molar-refractivity contribution >= 4 is 27.3 Å². The van der Waals surface area contributed by atoms with Crippen LogP contribution in [-0.4, -0.2) is 19.1 Å². The first-order valence-corrected chi connectivity index (χ1v) is 7.25. The first-order chi connectivity index (χ1) is 8.65. The van der Waals surface area contributed by atoms with E-state index in [-0.39, 0.29) is 6.04 Å². The van der Waals surface area contributed by atoms with Gasteiger partial charge in [0.05, 0.1) is 13.2 Å². The second-order valence-corrected chi connectivity index (χ2v) is 5.68. The number of rotatable bonds is 4. The van der Waals surface area contributed by atoms with Crippen LogP contribution in [0.5, 0.6) is 5.75 Å². The maximum Gasteiger partial charge on any atom is 0.119 e. The van der Waals surface area contributed by atoms with Crippen LogP contribution in [0.15, 0.2) is 28.1 Å². The molecular weight excluding hydrogens is 312 g/mol. The molecule has 3 nitrogen and oxygen atoms in total. The van der Waals surface area contributed by atoms with Gasteiger partial charge in [0.1, 0.15) is 10.8 Å². The highest BCUT2D eigenvalue weighted by molar-refractivity contribution is 9.10. The third-order valence-electron chi connectivity index (χ3n) is 2.69. The molecule has 0 aliphatic carbocycles. The van der Waals surface area contributed by atoms with Crippen molar-refractivity contribution in [3.63, 3.8) is 0 Å². The molecule has 1 heterocycles. The van der Waals surface area contributed by atoms with E-state index >= 15 is 0 Å². The summed E-state index contributed by atoms with van der Waals surface area (Å²) in [6, 6.07) is 6.04. The summed E-state index contributed by atoms with van der Waals surface area (Å²) < 4.78 is 6.33. The number of halogens is 1. The lowest BCUT2D eigenvalue weighted by Crippen LogP contribution is -2.18. The van der Waals surface area contributed by atoms with E-state index in [0.717, 1.165) is 26.5 Å². The van der Waals surface area contributed by atoms with Crippen LogP contribution in [-0.2, 0) is 0 Å². The molecule has 0 fully saturated rings. The molecule has 96 valence electrons. The molecule has 0 saturated carbocycles. The van der Waals surface area contributed by atoms with Crippen molar-refractivity contribution < 1.29 is 4.74 Å². The van der Waals surface area contributed by atoms with Gasteiger partial charge in [0, 0.05) is 15.5 Å². The predicted octanol–water partition coefficient (Wildman–Crippen LogP) is 3.53. The minimum atomic E-state index is 0.0770. The van der Waals surface area contributed by atoms with Crippen molar-refractivity contribution in [2.24, 2.45) is 0 Å². The summed E-state index contributed by atoms with van der Waals surface area (Å²) in [6.45, 7) is 2.01. The average molecular weight is 327 g/mol. The Kier molecular flexibility index (Phi) is 4.37. The first kappa shape index (κ1) is 13.5. The van der Waals surface area contributed by atoms with Crippen molar-refractivity contribution in [2.45, 2.75) is 13.0 Å². The molecule has 2 rings (SSSR count). The Bertz CT molecular complexity index is 542. The Labute approximate surface area is 119 Å². The highest BCUT2D eigenvalue weighted by Gasteiger charge is 2.18. The number of aromatic nitrogens is 1. The van der Waals surface area contributed by atoms with Gasteiger partial charge in [0.25, 0.3) is 0 Å². The van der Waals surface area contributed by atoms with E-state index in [4.69, 9.17) is 4.74 Å². The Morgan fingerprint density at radius 1 is 1.44 bits per heavy atom. The van der Waals surface area contributed by atoms with Gasteiger partial charge in [-0.2, -0.15) is 0 Å². The molecule has 0 bridgehead atoms. The number of nitrogens with zero attached hydrogens (tertiary/aromatic N) is 1. The van der Waals surface area contributed by atoms with E-state index in [0.29, 0.717) is 0 Å². The van der Waals surface area contributed by atoms with E-state index in [1.54, 1.807) is 18.4 Å². The van der Waals surface area contributed by atoms with Crippen molar-refractivity contribution in [3.05, 3.63) is 44.3 Å². The highest BCUT2D eigenvalue weighted by atomic mass is 79.9. The number of hydrogen-bond donors (Lipinski definition) is 1. The van der Waals surface area contributed by atoms with Gasteiger partial charge in [-0.25, -0.2) is 4.98 Å². The lowest BCUT2D eigenvalue weighted by molar-refractivity contribution is 0.413. The quantitative estimate of drug-likeness (QED) is 0.933. The van der Waals surface area contributed by atoms with Gasteiger partial charge in [-0.05, 0) is 37.7 Å². The van der Waals surface area contributed by atoms with Crippen molar-refractivity contribution in [1.29, 1.82) is 0 Å². The zero-order valence-electron chi connectivity index (χ0n) is 10.5. The average Bonchev–Trinajstić information content (AvgIpc) is 2.79. The second kappa shape index (κ2) is 5.82. The van der Waals surface area contributed by atoms with Crippen LogP contribution in [0.1, 0.15) is 22.3 Å². The molecule has 2 aromatic rings. The summed E-state index contributed by atoms with van der Waals surface area (Å²) in [4.78, 5) is 4.55. The smallest absolute Gasteiger partial charge is 0.119 e. The van der Waals surface area contributed by atoms with Gasteiger partial charge < -0.3 is 10.1 Å². The van der Waals surface area contributed by atoms with Gasteiger partial charge in [-0.3, -0.25) is 0 Å². The predicted molar refractivity (Wildman–Crippen MR) is 78.4 cm³/mol. The van der Waals surface area contributed by atoms with Gasteiger partial charge in [-0.15, -0.1) is 11.3 Å². The van der Waals surface area contributed by atoms with E-state index in [2.05, 4.69) is 31.6 Å². The summed E-state index contributed by atoms with van der Waals surface area (Å²) in [5.41, 5.74) is 2.18. The summed E-state index contributed by atoms with van der Waals surface area (Å²) in [7, 11) is 3.61. The van der Waals surface area contributed by atoms with Gasteiger partial charge in [-0.1, -0.05) is 15.9 Å². The van der Waals surface area contributed by atoms with Crippen molar-refractivity contribution in [1.82, 2.24) is 10.3 Å². The number of aryl methyl sites for hydroxylation is 1. The maximum absolute atomic E-state index is 5.28. The lowest BCUT2D eigenvalue weighted by atomic mass is 10.1. The minimum absolute atomic E-state index is 0.0770. The molecular formula is C13H15BrN2OS. The van der Waals surface area contributed by atoms with Crippen LogP contribution in [0.3, 0.4) is 0 Å². The van der Waals surface area contributed by atoms with Crippen molar-refractivity contribution in [3.8, 4) is 5.75 Å². The number of benzene rings is 1. The zero-order chi connectivity index (χ0) is 13.1. The number of nitrogens with one attached hydrogen (secondary N) is 1. The molecule has 0 amide bonds. The monoisotopic (exact) mass is 326 g/mol. The molecule has 1 unspecified atom stereocenters. The van der Waals surface area contributed by atoms with Crippen LogP contribution < -0.4 is 10.1 Å². The number of thiazole rings is 1. The fourth-order valence-corrected chi connectivity index (χ4v) is 3.18. The molecule has 5 heteroatoms. The third kappa shape index (κ3) is 2.74. The van der Waals surface area contributed by atoms with E-state index in [9.17, 15) is 0 Å². The van der Waals surface area contributed by atoms with Crippen LogP contribution in [0.2, 0.25) is 0 Å². The van der Waals surface area contributed by atoms with Crippen LogP contribution in [0, 0.1) is 6.92 Å². The van der Waals surface area contributed by atoms with Gasteiger partial charge >= 0.3 is 0 Å². The van der Waals surface area contributed by atoms with Gasteiger partial charge in [0.2, 0.25) is 0 Å². The molecule has 1 aromatic heterocycles. The fourth-order valence-electron chi connectivity index (χ4n) is 1.79. The highest BCUT2D eigenvalue weighted by Crippen LogP contribution is 2.32. The summed E-state index contributed by atoms with van der Waals surface area (Å²) in [6.07, 6.45) is 0. The standard InChI is InChI=1S/C13H15BrN2OS/c1-8-7-18-13(16-8)12(15-2)10-6-9(17-3)4-5-11(10)14/h4-7,12,15H,1-3H3. The summed E-state index contributed by atoms with van der Waals surface area (Å²) in [5, 5.41) is 6.42. The van der Waals surface area contributed by atoms with Crippen molar-refractivity contribution in [2.75, 3.05) is 14.2 Å². The van der Waals surface area contributed by atoms with E-state index in [1.165, 1.54) is 0 Å². The molecule has 1 atom stereocenters. The first-order valence-electron chi connectivity index (χ1n) is 5.58. The largest absolute Gasteiger partial charge is 0.497 e. The third-order valence-corrected chi connectivity index (χ3v) is 4.44. The Hall–Kier alpha value is -0.910. The van der Waals surface area contributed by atoms with E-state index < -0.39 is 0 Å². The van der Waals surface area contributed by atoms with E-state index in [1.807, 2.05) is 32.2 Å². The molecule has 18 heavy (non-hydrogen) atoms. The molecule has 1 aromatic carbocycles. The Balaban J connectivity index is 2.44. The van der Waals surface area contributed by atoms with Crippen LogP contribution in [0.4, 0.5) is 0 Å². The Morgan fingerprint density at radius 3 is 2.78 bits per heavy atom. The summed E-state index contributed by atoms with van der Waals surface area (Å²) in [5.74, 6) is 0.849. The fraction of sp³-hybridized carbons (Fsp3) is 0.308. The molecule has 0 saturated heterocycles. The number of methoxy groups -OCH3 is 1. The SMILES string of the molecule is CNC(c1nc(C)cs1)c1cc(OC)ccc1Br. The van der Waals surface area contributed by atoms with Gasteiger partial charge in [0.15, 0.2) is 0 Å². The minimum Gasteiger partial charge on any atom is -0.497 e. The lowest BCUT2D eigenvalue weighted by Gasteiger charge is -2.16. The van der Waals surface area contributed by atoms with Crippen LogP contribution >= 0.6 is 27.3 Å². The molecule has 0 spiro atoms. The summed E-state index contributed by atoms with van der Waals surface area (Å²) >= 11 is 5.25. The Morgan fingerprint density at radius 2 is 2.22 bits per heavy atom. The molecule has 0 aliphatic rings. The molecule has 0 radical (unpaired) electrons. The maximum atomic E-state index is 5.28. The topological polar surface area (TPSA) is 34.2 Å². The number of hydrogen-bond acceptors (Lipinski definition) is 4. The molecule has 1 N–H and O–H groups in total. The number of ether oxygens (including phenoxy) is 1. The normalized spacial score (nSPS) is 12.4. The second-order valence-electron chi connectivity index (χ2n) is 3.94. The zero-order valence-corrected chi connectivity index (χ0v) is 12.9.